The van der Waals surface area contributed by atoms with E-state index >= 15 is 0 Å². The number of hydrogen-bond acceptors (Lipinski definition) is 12. The van der Waals surface area contributed by atoms with Crippen LogP contribution >= 0.6 is 0 Å². The second-order valence-electron chi connectivity index (χ2n) is 16.4. The van der Waals surface area contributed by atoms with Gasteiger partial charge in [-0.05, 0) is 108 Å². The van der Waals surface area contributed by atoms with Crippen molar-refractivity contribution in [2.45, 2.75) is 40.3 Å². The lowest BCUT2D eigenvalue weighted by Crippen LogP contribution is -2.15. The number of hydrogen-bond donors (Lipinski definition) is 0. The van der Waals surface area contributed by atoms with E-state index in [0.29, 0.717) is 18.1 Å². The van der Waals surface area contributed by atoms with Gasteiger partial charge in [-0.2, -0.15) is 0 Å². The molecule has 8 aromatic rings. The third-order valence-electron chi connectivity index (χ3n) is 11.2. The number of esters is 4. The van der Waals surface area contributed by atoms with E-state index in [0.717, 1.165) is 33.4 Å². The highest BCUT2D eigenvalue weighted by Crippen LogP contribution is 2.41. The number of rotatable bonds is 21. The zero-order chi connectivity index (χ0) is 50.1. The summed E-state index contributed by atoms with van der Waals surface area (Å²) in [5.41, 5.74) is 6.04. The third-order valence-corrected chi connectivity index (χ3v) is 11.2. The number of carbonyl (C=O) groups is 4. The van der Waals surface area contributed by atoms with Crippen LogP contribution in [0, 0.1) is 13.8 Å². The maximum absolute atomic E-state index is 13.9. The molecular weight excluding hydrogens is 913 g/mol. The minimum Gasteiger partial charge on any atom is -0.489 e. The summed E-state index contributed by atoms with van der Waals surface area (Å²) in [6.45, 7) is 4.14. The minimum atomic E-state index is -0.751. The van der Waals surface area contributed by atoms with Gasteiger partial charge >= 0.3 is 23.9 Å². The Morgan fingerprint density at radius 2 is 0.708 bits per heavy atom. The van der Waals surface area contributed by atoms with Crippen LogP contribution in [0.3, 0.4) is 0 Å². The lowest BCUT2D eigenvalue weighted by Gasteiger charge is -2.19. The molecule has 0 aliphatic rings. The molecule has 362 valence electrons. The fourth-order valence-electron chi connectivity index (χ4n) is 7.22. The third kappa shape index (κ3) is 13.8. The standard InChI is InChI=1S/C60H50O12/c1-41-31-49(34-53(42(41)2)67-37-43-17-7-3-8-18-43)59(63)71-51-27-15-25-47(32-51)57(61)65-29-30-66-58(62)48-26-16-28-52(33-48)72-60(64)50-35-54(68-38-44-19-9-4-10-20-44)56(70-40-46-23-13-6-14-24-46)55(36-50)69-39-45-21-11-5-12-22-45/h3-28,31-36H,29-30,37-40H2,1-2H3. The maximum Gasteiger partial charge on any atom is 0.343 e. The van der Waals surface area contributed by atoms with Crippen molar-refractivity contribution < 1.29 is 57.1 Å². The van der Waals surface area contributed by atoms with E-state index < -0.39 is 23.9 Å². The smallest absolute Gasteiger partial charge is 0.343 e. The van der Waals surface area contributed by atoms with E-state index in [1.165, 1.54) is 42.5 Å². The van der Waals surface area contributed by atoms with Crippen molar-refractivity contribution in [2.24, 2.45) is 0 Å². The molecule has 0 saturated carbocycles. The van der Waals surface area contributed by atoms with Gasteiger partial charge in [-0.15, -0.1) is 0 Å². The molecule has 0 N–H and O–H groups in total. The van der Waals surface area contributed by atoms with Crippen LogP contribution in [0.4, 0.5) is 0 Å². The second-order valence-corrected chi connectivity index (χ2v) is 16.4. The van der Waals surface area contributed by atoms with Crippen LogP contribution in [0.15, 0.2) is 194 Å². The van der Waals surface area contributed by atoms with Gasteiger partial charge in [0.05, 0.1) is 22.3 Å². The first-order valence-corrected chi connectivity index (χ1v) is 23.1. The Balaban J connectivity index is 0.881. The first-order chi connectivity index (χ1) is 35.1. The molecule has 0 amide bonds. The van der Waals surface area contributed by atoms with Crippen molar-refractivity contribution in [3.63, 3.8) is 0 Å². The van der Waals surface area contributed by atoms with E-state index in [-0.39, 0.29) is 78.3 Å². The van der Waals surface area contributed by atoms with Gasteiger partial charge in [-0.1, -0.05) is 133 Å². The molecule has 72 heavy (non-hydrogen) atoms. The predicted octanol–water partition coefficient (Wildman–Crippen LogP) is 12.1. The summed E-state index contributed by atoms with van der Waals surface area (Å²) in [7, 11) is 0. The predicted molar refractivity (Wildman–Crippen MR) is 269 cm³/mol. The monoisotopic (exact) mass is 962 g/mol. The van der Waals surface area contributed by atoms with Crippen molar-refractivity contribution in [2.75, 3.05) is 13.2 Å². The Hall–Kier alpha value is -9.16. The summed E-state index contributed by atoms with van der Waals surface area (Å²) < 4.78 is 47.2. The molecule has 0 heterocycles. The summed E-state index contributed by atoms with van der Waals surface area (Å²) >= 11 is 0. The first kappa shape index (κ1) is 49.3. The van der Waals surface area contributed by atoms with Gasteiger partial charge in [0.1, 0.15) is 56.9 Å². The van der Waals surface area contributed by atoms with Crippen LogP contribution in [0.25, 0.3) is 0 Å². The van der Waals surface area contributed by atoms with Gasteiger partial charge in [0, 0.05) is 0 Å². The Labute approximate surface area is 417 Å². The Morgan fingerprint density at radius 1 is 0.347 bits per heavy atom. The fourth-order valence-corrected chi connectivity index (χ4v) is 7.22. The first-order valence-electron chi connectivity index (χ1n) is 23.1. The molecule has 0 aliphatic heterocycles. The molecule has 0 spiro atoms. The van der Waals surface area contributed by atoms with Gasteiger partial charge in [0.2, 0.25) is 5.75 Å². The molecule has 12 heteroatoms. The number of ether oxygens (including phenoxy) is 8. The Kier molecular flexibility index (Phi) is 16.7. The lowest BCUT2D eigenvalue weighted by atomic mass is 10.0. The quantitative estimate of drug-likeness (QED) is 0.0384. The lowest BCUT2D eigenvalue weighted by molar-refractivity contribution is 0.0265. The zero-order valence-corrected chi connectivity index (χ0v) is 39.6. The van der Waals surface area contributed by atoms with Crippen molar-refractivity contribution in [1.82, 2.24) is 0 Å². The van der Waals surface area contributed by atoms with Crippen LogP contribution in [0.2, 0.25) is 0 Å². The van der Waals surface area contributed by atoms with E-state index in [4.69, 9.17) is 37.9 Å². The minimum absolute atomic E-state index is 0.0683. The summed E-state index contributed by atoms with van der Waals surface area (Å²) in [6, 6.07) is 56.9. The highest BCUT2D eigenvalue weighted by molar-refractivity contribution is 5.95. The van der Waals surface area contributed by atoms with Crippen LogP contribution in [0.5, 0.6) is 34.5 Å². The molecule has 0 fully saturated rings. The topological polar surface area (TPSA) is 142 Å². The molecule has 8 aromatic carbocycles. The van der Waals surface area contributed by atoms with E-state index in [9.17, 15) is 19.2 Å². The van der Waals surface area contributed by atoms with Crippen LogP contribution in [-0.2, 0) is 35.9 Å². The summed E-state index contributed by atoms with van der Waals surface area (Å²) in [5.74, 6) is -1.27. The molecule has 12 nitrogen and oxygen atoms in total. The van der Waals surface area contributed by atoms with E-state index in [1.807, 2.05) is 135 Å². The number of benzene rings is 8. The van der Waals surface area contributed by atoms with Crippen molar-refractivity contribution in [3.05, 3.63) is 250 Å². The molecule has 0 saturated heterocycles. The summed E-state index contributed by atoms with van der Waals surface area (Å²) in [5, 5.41) is 0. The fraction of sp³-hybridized carbons (Fsp3) is 0.133. The summed E-state index contributed by atoms with van der Waals surface area (Å²) in [6.07, 6.45) is 0. The van der Waals surface area contributed by atoms with Crippen LogP contribution < -0.4 is 28.4 Å². The van der Waals surface area contributed by atoms with Gasteiger partial charge in [-0.3, -0.25) is 0 Å². The van der Waals surface area contributed by atoms with E-state index in [2.05, 4.69) is 0 Å². The molecule has 8 rings (SSSR count). The maximum atomic E-state index is 13.9. The molecule has 0 bridgehead atoms. The highest BCUT2D eigenvalue weighted by atomic mass is 16.6. The number of aryl methyl sites for hydroxylation is 1. The van der Waals surface area contributed by atoms with Crippen LogP contribution in [-0.4, -0.2) is 37.1 Å². The highest BCUT2D eigenvalue weighted by Gasteiger charge is 2.22. The zero-order valence-electron chi connectivity index (χ0n) is 39.6. The van der Waals surface area contributed by atoms with Crippen molar-refractivity contribution in [1.29, 1.82) is 0 Å². The van der Waals surface area contributed by atoms with Crippen molar-refractivity contribution >= 4 is 23.9 Å². The largest absolute Gasteiger partial charge is 0.489 e. The second kappa shape index (κ2) is 24.4. The average molecular weight is 963 g/mol. The molecule has 0 radical (unpaired) electrons. The SMILES string of the molecule is Cc1cc(C(=O)Oc2cccc(C(=O)OCCOC(=O)c3cccc(OC(=O)c4cc(OCc5ccccc5)c(OCc5ccccc5)c(OCc5ccccc5)c4)c3)c2)cc(OCc2ccccc2)c1C. The van der Waals surface area contributed by atoms with Crippen molar-refractivity contribution in [3.8, 4) is 34.5 Å². The van der Waals surface area contributed by atoms with Crippen LogP contribution in [0.1, 0.15) is 74.8 Å². The normalized spacial score (nSPS) is 10.6. The molecule has 0 aliphatic carbocycles. The Morgan fingerprint density at radius 3 is 1.12 bits per heavy atom. The van der Waals surface area contributed by atoms with Gasteiger partial charge < -0.3 is 37.9 Å². The average Bonchev–Trinajstić information content (AvgIpc) is 3.41. The van der Waals surface area contributed by atoms with Gasteiger partial charge in [0.25, 0.3) is 0 Å². The molecule has 0 atom stereocenters. The molecule has 0 unspecified atom stereocenters. The Bertz CT molecular complexity index is 3060. The number of carbonyl (C=O) groups excluding carboxylic acids is 4. The molecule has 0 aromatic heterocycles. The summed E-state index contributed by atoms with van der Waals surface area (Å²) in [4.78, 5) is 53.3. The molecular formula is C60H50O12. The van der Waals surface area contributed by atoms with Gasteiger partial charge in [-0.25, -0.2) is 19.2 Å². The van der Waals surface area contributed by atoms with Gasteiger partial charge in [0.15, 0.2) is 11.5 Å². The van der Waals surface area contributed by atoms with E-state index in [1.54, 1.807) is 30.3 Å².